The highest BCUT2D eigenvalue weighted by molar-refractivity contribution is 5.41. The topological polar surface area (TPSA) is 35.2 Å². The number of hydrogen-bond acceptors (Lipinski definition) is 2. The fourth-order valence-electron chi connectivity index (χ4n) is 2.42. The first-order valence-electron chi connectivity index (χ1n) is 6.84. The first-order valence-corrected chi connectivity index (χ1v) is 6.84. The van der Waals surface area contributed by atoms with E-state index in [4.69, 9.17) is 10.5 Å². The Morgan fingerprint density at radius 2 is 2.28 bits per heavy atom. The van der Waals surface area contributed by atoms with Crippen molar-refractivity contribution < 1.29 is 4.74 Å². The Labute approximate surface area is 110 Å². The van der Waals surface area contributed by atoms with Gasteiger partial charge in [-0.05, 0) is 56.7 Å². The van der Waals surface area contributed by atoms with E-state index in [0.29, 0.717) is 0 Å². The van der Waals surface area contributed by atoms with Gasteiger partial charge in [-0.25, -0.2) is 0 Å². The van der Waals surface area contributed by atoms with Gasteiger partial charge in [0.1, 0.15) is 11.9 Å². The molecular formula is C16H23NO. The van der Waals surface area contributed by atoms with Crippen molar-refractivity contribution in [3.05, 3.63) is 41.5 Å². The van der Waals surface area contributed by atoms with E-state index in [2.05, 4.69) is 37.3 Å². The van der Waals surface area contributed by atoms with Crippen molar-refractivity contribution in [2.75, 3.05) is 0 Å². The quantitative estimate of drug-likeness (QED) is 0.825. The van der Waals surface area contributed by atoms with Crippen LogP contribution in [0.1, 0.15) is 37.3 Å². The van der Waals surface area contributed by atoms with Crippen molar-refractivity contribution in [3.63, 3.8) is 0 Å². The summed E-state index contributed by atoms with van der Waals surface area (Å²) in [7, 11) is 0. The maximum Gasteiger partial charge on any atom is 0.126 e. The zero-order valence-corrected chi connectivity index (χ0v) is 11.4. The summed E-state index contributed by atoms with van der Waals surface area (Å²) in [6, 6.07) is 6.47. The van der Waals surface area contributed by atoms with Crippen LogP contribution in [0, 0.1) is 6.92 Å². The van der Waals surface area contributed by atoms with Gasteiger partial charge in [0.15, 0.2) is 0 Å². The molecule has 0 heterocycles. The van der Waals surface area contributed by atoms with Crippen LogP contribution >= 0.6 is 0 Å². The van der Waals surface area contributed by atoms with Crippen LogP contribution in [0.4, 0.5) is 0 Å². The monoisotopic (exact) mass is 245 g/mol. The zero-order chi connectivity index (χ0) is 13.0. The van der Waals surface area contributed by atoms with Gasteiger partial charge in [-0.3, -0.25) is 0 Å². The van der Waals surface area contributed by atoms with Crippen molar-refractivity contribution >= 4 is 0 Å². The number of rotatable bonds is 4. The van der Waals surface area contributed by atoms with E-state index in [-0.39, 0.29) is 12.1 Å². The fourth-order valence-corrected chi connectivity index (χ4v) is 2.42. The van der Waals surface area contributed by atoms with E-state index in [0.717, 1.165) is 18.6 Å². The predicted molar refractivity (Wildman–Crippen MR) is 75.9 cm³/mol. The van der Waals surface area contributed by atoms with Crippen LogP contribution in [0.5, 0.6) is 5.75 Å². The lowest BCUT2D eigenvalue weighted by Gasteiger charge is -2.22. The normalized spacial score (nSPS) is 20.7. The maximum absolute atomic E-state index is 6.18. The van der Waals surface area contributed by atoms with E-state index in [1.165, 1.54) is 24.0 Å². The van der Waals surface area contributed by atoms with Gasteiger partial charge in [0.05, 0.1) is 0 Å². The highest BCUT2D eigenvalue weighted by Crippen LogP contribution is 2.27. The molecule has 0 amide bonds. The minimum atomic E-state index is 0.163. The Morgan fingerprint density at radius 3 is 2.94 bits per heavy atom. The summed E-state index contributed by atoms with van der Waals surface area (Å²) in [5.41, 5.74) is 8.33. The van der Waals surface area contributed by atoms with Gasteiger partial charge in [-0.2, -0.15) is 0 Å². The molecule has 0 fully saturated rings. The van der Waals surface area contributed by atoms with Crippen molar-refractivity contribution in [1.29, 1.82) is 0 Å². The summed E-state index contributed by atoms with van der Waals surface area (Å²) < 4.78 is 6.18. The molecule has 1 aromatic carbocycles. The Kier molecular flexibility index (Phi) is 4.43. The van der Waals surface area contributed by atoms with Crippen molar-refractivity contribution in [2.45, 2.75) is 51.7 Å². The average Bonchev–Trinajstić information content (AvgIpc) is 2.34. The fraction of sp³-hybridized carbons (Fsp3) is 0.500. The first kappa shape index (κ1) is 13.2. The molecule has 2 heteroatoms. The summed E-state index contributed by atoms with van der Waals surface area (Å²) in [6.45, 7) is 4.14. The minimum Gasteiger partial charge on any atom is -0.486 e. The Balaban J connectivity index is 2.19. The molecule has 0 aliphatic heterocycles. The molecule has 2 nitrogen and oxygen atoms in total. The van der Waals surface area contributed by atoms with Crippen LogP contribution in [0.3, 0.4) is 0 Å². The van der Waals surface area contributed by atoms with E-state index >= 15 is 0 Å². The second-order valence-corrected chi connectivity index (χ2v) is 5.26. The lowest BCUT2D eigenvalue weighted by molar-refractivity contribution is 0.226. The standard InChI is InChI=1S/C16H23NO/c1-12-7-6-8-14(11-13(2)17)16(12)18-15-9-4-3-5-10-15/h4,6-9,13,15H,3,5,10-11,17H2,1-2H3. The van der Waals surface area contributed by atoms with Gasteiger partial charge in [-0.1, -0.05) is 24.3 Å². The number of ether oxygens (including phenoxy) is 1. The SMILES string of the molecule is Cc1cccc(CC(C)N)c1OC1C=CCCC1. The minimum absolute atomic E-state index is 0.163. The summed E-state index contributed by atoms with van der Waals surface area (Å²) in [4.78, 5) is 0. The highest BCUT2D eigenvalue weighted by atomic mass is 16.5. The van der Waals surface area contributed by atoms with Crippen LogP contribution in [-0.2, 0) is 6.42 Å². The Bertz CT molecular complexity index is 423. The largest absolute Gasteiger partial charge is 0.486 e. The van der Waals surface area contributed by atoms with E-state index in [1.807, 2.05) is 6.92 Å². The van der Waals surface area contributed by atoms with E-state index < -0.39 is 0 Å². The number of aryl methyl sites for hydroxylation is 1. The molecular weight excluding hydrogens is 222 g/mol. The molecule has 1 aromatic rings. The summed E-state index contributed by atoms with van der Waals surface area (Å²) in [6.07, 6.45) is 9.02. The molecule has 18 heavy (non-hydrogen) atoms. The molecule has 2 N–H and O–H groups in total. The lowest BCUT2D eigenvalue weighted by atomic mass is 10.0. The van der Waals surface area contributed by atoms with Crippen LogP contribution < -0.4 is 10.5 Å². The Morgan fingerprint density at radius 1 is 1.44 bits per heavy atom. The molecule has 1 aliphatic rings. The molecule has 2 atom stereocenters. The lowest BCUT2D eigenvalue weighted by Crippen LogP contribution is -2.21. The van der Waals surface area contributed by atoms with E-state index in [9.17, 15) is 0 Å². The zero-order valence-electron chi connectivity index (χ0n) is 11.4. The molecule has 0 spiro atoms. The molecule has 0 saturated heterocycles. The van der Waals surface area contributed by atoms with Gasteiger partial charge in [0.2, 0.25) is 0 Å². The average molecular weight is 245 g/mol. The van der Waals surface area contributed by atoms with Crippen LogP contribution in [0.2, 0.25) is 0 Å². The third-order valence-electron chi connectivity index (χ3n) is 3.31. The second-order valence-electron chi connectivity index (χ2n) is 5.26. The van der Waals surface area contributed by atoms with Crippen LogP contribution in [0.25, 0.3) is 0 Å². The van der Waals surface area contributed by atoms with Gasteiger partial charge in [0, 0.05) is 6.04 Å². The van der Waals surface area contributed by atoms with Crippen molar-refractivity contribution in [1.82, 2.24) is 0 Å². The molecule has 2 rings (SSSR count). The summed E-state index contributed by atoms with van der Waals surface area (Å²) in [5.74, 6) is 1.03. The summed E-state index contributed by atoms with van der Waals surface area (Å²) >= 11 is 0. The third kappa shape index (κ3) is 3.36. The molecule has 0 saturated carbocycles. The Hall–Kier alpha value is -1.28. The third-order valence-corrected chi connectivity index (χ3v) is 3.31. The second kappa shape index (κ2) is 6.05. The number of para-hydroxylation sites is 1. The van der Waals surface area contributed by atoms with Gasteiger partial charge in [-0.15, -0.1) is 0 Å². The number of allylic oxidation sites excluding steroid dienone is 1. The van der Waals surface area contributed by atoms with Gasteiger partial charge < -0.3 is 10.5 Å². The predicted octanol–water partition coefficient (Wildman–Crippen LogP) is 3.37. The number of hydrogen-bond donors (Lipinski definition) is 1. The maximum atomic E-state index is 6.18. The van der Waals surface area contributed by atoms with Crippen LogP contribution in [0.15, 0.2) is 30.4 Å². The molecule has 1 aliphatic carbocycles. The molecule has 0 radical (unpaired) electrons. The smallest absolute Gasteiger partial charge is 0.126 e. The summed E-state index contributed by atoms with van der Waals surface area (Å²) in [5, 5.41) is 0. The van der Waals surface area contributed by atoms with E-state index in [1.54, 1.807) is 0 Å². The molecule has 0 aromatic heterocycles. The van der Waals surface area contributed by atoms with Crippen molar-refractivity contribution in [3.8, 4) is 5.75 Å². The highest BCUT2D eigenvalue weighted by Gasteiger charge is 2.14. The van der Waals surface area contributed by atoms with Gasteiger partial charge in [0.25, 0.3) is 0 Å². The van der Waals surface area contributed by atoms with Crippen LogP contribution in [-0.4, -0.2) is 12.1 Å². The number of benzene rings is 1. The van der Waals surface area contributed by atoms with Crippen molar-refractivity contribution in [2.24, 2.45) is 5.73 Å². The van der Waals surface area contributed by atoms with Gasteiger partial charge >= 0.3 is 0 Å². The molecule has 98 valence electrons. The molecule has 2 unspecified atom stereocenters. The first-order chi connectivity index (χ1) is 8.66. The molecule has 0 bridgehead atoms. The number of nitrogens with two attached hydrogens (primary N) is 1.